The second-order valence-corrected chi connectivity index (χ2v) is 6.62. The minimum Gasteiger partial charge on any atom is -0.446 e. The van der Waals surface area contributed by atoms with Crippen molar-refractivity contribution in [2.75, 3.05) is 0 Å². The van der Waals surface area contributed by atoms with E-state index >= 15 is 0 Å². The first-order valence-electron chi connectivity index (χ1n) is 6.76. The number of hydrogen-bond donors (Lipinski definition) is 2. The van der Waals surface area contributed by atoms with Crippen LogP contribution >= 0.6 is 11.6 Å². The zero-order chi connectivity index (χ0) is 14.9. The van der Waals surface area contributed by atoms with Crippen molar-refractivity contribution >= 4 is 17.6 Å². The molecule has 3 unspecified atom stereocenters. The normalized spacial score (nSPS) is 26.6. The van der Waals surface area contributed by atoms with Gasteiger partial charge in [0.25, 0.3) is 0 Å². The lowest BCUT2D eigenvalue weighted by Gasteiger charge is -2.21. The predicted molar refractivity (Wildman–Crippen MR) is 79.3 cm³/mol. The average Bonchev–Trinajstić information content (AvgIpc) is 2.69. The molecule has 20 heavy (non-hydrogen) atoms. The molecular formula is C15H21ClN2O2. The molecule has 0 amide bonds. The van der Waals surface area contributed by atoms with E-state index in [2.05, 4.69) is 5.32 Å². The Labute approximate surface area is 124 Å². The van der Waals surface area contributed by atoms with Gasteiger partial charge in [-0.25, -0.2) is 0 Å². The molecular weight excluding hydrogens is 276 g/mol. The molecule has 0 saturated carbocycles. The maximum Gasteiger partial charge on any atom is 0.312 e. The molecule has 0 radical (unpaired) electrons. The van der Waals surface area contributed by atoms with Crippen molar-refractivity contribution in [1.29, 1.82) is 0 Å². The molecule has 0 aliphatic carbocycles. The first-order valence-corrected chi connectivity index (χ1v) is 7.14. The number of carbonyl (C=O) groups excluding carboxylic acids is 1. The van der Waals surface area contributed by atoms with Crippen molar-refractivity contribution < 1.29 is 9.53 Å². The van der Waals surface area contributed by atoms with Gasteiger partial charge in [-0.1, -0.05) is 29.8 Å². The molecule has 0 bridgehead atoms. The number of hydrogen-bond acceptors (Lipinski definition) is 4. The van der Waals surface area contributed by atoms with Gasteiger partial charge < -0.3 is 10.5 Å². The average molecular weight is 297 g/mol. The fourth-order valence-electron chi connectivity index (χ4n) is 2.21. The van der Waals surface area contributed by atoms with Gasteiger partial charge >= 0.3 is 5.97 Å². The molecule has 3 atom stereocenters. The molecule has 1 saturated heterocycles. The van der Waals surface area contributed by atoms with Gasteiger partial charge in [0.05, 0.1) is 11.5 Å². The van der Waals surface area contributed by atoms with Crippen molar-refractivity contribution in [1.82, 2.24) is 5.32 Å². The highest BCUT2D eigenvalue weighted by atomic mass is 35.5. The van der Waals surface area contributed by atoms with E-state index in [1.54, 1.807) is 0 Å². The van der Waals surface area contributed by atoms with Gasteiger partial charge in [0.2, 0.25) is 0 Å². The maximum atomic E-state index is 11.9. The number of nitrogens with one attached hydrogen (secondary N) is 1. The van der Waals surface area contributed by atoms with Crippen LogP contribution in [0.4, 0.5) is 0 Å². The summed E-state index contributed by atoms with van der Waals surface area (Å²) in [6.45, 7) is 5.49. The smallest absolute Gasteiger partial charge is 0.312 e. The third-order valence-corrected chi connectivity index (χ3v) is 3.73. The monoisotopic (exact) mass is 296 g/mol. The highest BCUT2D eigenvalue weighted by molar-refractivity contribution is 6.31. The van der Waals surface area contributed by atoms with E-state index in [1.165, 1.54) is 0 Å². The molecule has 2 rings (SSSR count). The molecule has 1 aromatic carbocycles. The molecule has 1 heterocycles. The van der Waals surface area contributed by atoms with Gasteiger partial charge in [-0.05, 0) is 32.4 Å². The lowest BCUT2D eigenvalue weighted by atomic mass is 9.97. The van der Waals surface area contributed by atoms with E-state index in [0.29, 0.717) is 11.4 Å². The summed E-state index contributed by atoms with van der Waals surface area (Å²) in [5.41, 5.74) is 6.56. The van der Waals surface area contributed by atoms with Crippen LogP contribution in [0.15, 0.2) is 24.3 Å². The first-order chi connectivity index (χ1) is 9.29. The van der Waals surface area contributed by atoms with E-state index in [1.807, 2.05) is 45.0 Å². The lowest BCUT2D eigenvalue weighted by molar-refractivity contribution is -0.159. The number of nitrogens with two attached hydrogens (primary N) is 1. The van der Waals surface area contributed by atoms with E-state index < -0.39 is 5.41 Å². The van der Waals surface area contributed by atoms with Gasteiger partial charge in [-0.15, -0.1) is 0 Å². The molecule has 1 fully saturated rings. The Hall–Kier alpha value is -1.10. The van der Waals surface area contributed by atoms with Crippen molar-refractivity contribution in [3.05, 3.63) is 34.9 Å². The van der Waals surface area contributed by atoms with Crippen LogP contribution in [-0.4, -0.2) is 18.2 Å². The minimum atomic E-state index is -0.520. The van der Waals surface area contributed by atoms with Crippen molar-refractivity contribution in [2.24, 2.45) is 11.1 Å². The Bertz CT molecular complexity index is 499. The number of ether oxygens (including phenoxy) is 1. The summed E-state index contributed by atoms with van der Waals surface area (Å²) in [6, 6.07) is 7.34. The highest BCUT2D eigenvalue weighted by Crippen LogP contribution is 2.31. The highest BCUT2D eigenvalue weighted by Gasteiger charge is 2.37. The summed E-state index contributed by atoms with van der Waals surface area (Å²) >= 11 is 6.19. The molecule has 110 valence electrons. The third-order valence-electron chi connectivity index (χ3n) is 3.38. The fourth-order valence-corrected chi connectivity index (χ4v) is 2.46. The van der Waals surface area contributed by atoms with Crippen molar-refractivity contribution in [3.8, 4) is 0 Å². The van der Waals surface area contributed by atoms with Gasteiger partial charge in [0.1, 0.15) is 0 Å². The summed E-state index contributed by atoms with van der Waals surface area (Å²) < 4.78 is 5.46. The molecule has 0 spiro atoms. The predicted octanol–water partition coefficient (Wildman–Crippen LogP) is 2.62. The van der Waals surface area contributed by atoms with E-state index in [4.69, 9.17) is 22.1 Å². The molecule has 5 heteroatoms. The lowest BCUT2D eigenvalue weighted by Crippen LogP contribution is -2.34. The van der Waals surface area contributed by atoms with E-state index in [-0.39, 0.29) is 24.3 Å². The minimum absolute atomic E-state index is 0.0959. The van der Waals surface area contributed by atoms with Crippen LogP contribution in [0.2, 0.25) is 5.02 Å². The summed E-state index contributed by atoms with van der Waals surface area (Å²) in [5.74, 6) is -0.234. The van der Waals surface area contributed by atoms with Crippen LogP contribution in [0.5, 0.6) is 0 Å². The molecule has 1 aliphatic rings. The number of esters is 1. The maximum absolute atomic E-state index is 11.9. The SMILES string of the molecule is CC(C)(C)C(=O)OC1CC(N)C(c2ccccc2Cl)N1. The standard InChI is InChI=1S/C15H21ClN2O2/c1-15(2,3)14(19)20-12-8-11(17)13(18-12)9-6-4-5-7-10(9)16/h4-7,11-13,18H,8,17H2,1-3H3. The van der Waals surface area contributed by atoms with E-state index in [9.17, 15) is 4.79 Å². The molecule has 4 nitrogen and oxygen atoms in total. The molecule has 1 aromatic rings. The largest absolute Gasteiger partial charge is 0.446 e. The van der Waals surface area contributed by atoms with Crippen molar-refractivity contribution in [2.45, 2.75) is 45.5 Å². The number of rotatable bonds is 2. The summed E-state index contributed by atoms with van der Waals surface area (Å²) in [7, 11) is 0. The van der Waals surface area contributed by atoms with Crippen LogP contribution in [0.1, 0.15) is 38.8 Å². The zero-order valence-corrected chi connectivity index (χ0v) is 12.8. The summed E-state index contributed by atoms with van der Waals surface area (Å²) in [5, 5.41) is 3.92. The Kier molecular flexibility index (Phi) is 4.37. The van der Waals surface area contributed by atoms with Gasteiger partial charge in [0, 0.05) is 17.5 Å². The Morgan fingerprint density at radius 3 is 2.65 bits per heavy atom. The summed E-state index contributed by atoms with van der Waals surface area (Å²) in [6.07, 6.45) is 0.218. The van der Waals surface area contributed by atoms with Crippen LogP contribution in [-0.2, 0) is 9.53 Å². The number of carbonyl (C=O) groups is 1. The molecule has 0 aromatic heterocycles. The number of benzene rings is 1. The van der Waals surface area contributed by atoms with Crippen LogP contribution in [0, 0.1) is 5.41 Å². The summed E-state index contributed by atoms with van der Waals surface area (Å²) in [4.78, 5) is 11.9. The molecule has 1 aliphatic heterocycles. The topological polar surface area (TPSA) is 64.3 Å². The van der Waals surface area contributed by atoms with Crippen LogP contribution in [0.25, 0.3) is 0 Å². The van der Waals surface area contributed by atoms with E-state index in [0.717, 1.165) is 5.56 Å². The molecule has 3 N–H and O–H groups in total. The van der Waals surface area contributed by atoms with Gasteiger partial charge in [-0.3, -0.25) is 10.1 Å². The Morgan fingerprint density at radius 1 is 1.40 bits per heavy atom. The fraction of sp³-hybridized carbons (Fsp3) is 0.533. The third kappa shape index (κ3) is 3.32. The Balaban J connectivity index is 2.07. The van der Waals surface area contributed by atoms with Crippen molar-refractivity contribution in [3.63, 3.8) is 0 Å². The van der Waals surface area contributed by atoms with Gasteiger partial charge in [-0.2, -0.15) is 0 Å². The second kappa shape index (κ2) is 5.72. The van der Waals surface area contributed by atoms with Crippen LogP contribution in [0.3, 0.4) is 0 Å². The van der Waals surface area contributed by atoms with Gasteiger partial charge in [0.15, 0.2) is 6.23 Å². The zero-order valence-electron chi connectivity index (χ0n) is 12.0. The van der Waals surface area contributed by atoms with Crippen LogP contribution < -0.4 is 11.1 Å². The Morgan fingerprint density at radius 2 is 2.05 bits per heavy atom. The second-order valence-electron chi connectivity index (χ2n) is 6.21. The number of halogens is 1. The quantitative estimate of drug-likeness (QED) is 0.824. The first kappa shape index (κ1) is 15.3.